The number of aromatic nitrogens is 2. The molecule has 0 radical (unpaired) electrons. The standard InChI is InChI=1S/C14H9ClF3N3O3/c1-21(24-13(23)8-2-3-11(15)20-6-8)12(22)9-7-19-5-4-10(9)14(16,17)18/h2-7H,1H3. The Hall–Kier alpha value is -2.68. The van der Waals surface area contributed by atoms with Crippen LogP contribution in [0.4, 0.5) is 13.2 Å². The highest BCUT2D eigenvalue weighted by atomic mass is 35.5. The van der Waals surface area contributed by atoms with Crippen LogP contribution >= 0.6 is 11.6 Å². The second-order valence-corrected chi connectivity index (χ2v) is 4.86. The average Bonchev–Trinajstić information content (AvgIpc) is 2.53. The largest absolute Gasteiger partial charge is 0.417 e. The third kappa shape index (κ3) is 3.99. The van der Waals surface area contributed by atoms with Crippen LogP contribution in [0.25, 0.3) is 0 Å². The molecule has 0 aromatic carbocycles. The molecule has 6 nitrogen and oxygen atoms in total. The molecule has 0 bridgehead atoms. The molecule has 0 aliphatic rings. The molecule has 0 aliphatic heterocycles. The van der Waals surface area contributed by atoms with Crippen molar-refractivity contribution in [1.29, 1.82) is 0 Å². The summed E-state index contributed by atoms with van der Waals surface area (Å²) in [5.41, 5.74) is -1.95. The second-order valence-electron chi connectivity index (χ2n) is 4.47. The van der Waals surface area contributed by atoms with E-state index in [0.29, 0.717) is 11.1 Å². The first-order valence-electron chi connectivity index (χ1n) is 6.33. The summed E-state index contributed by atoms with van der Waals surface area (Å²) >= 11 is 5.57. The van der Waals surface area contributed by atoms with Crippen molar-refractivity contribution in [1.82, 2.24) is 15.0 Å². The molecule has 0 saturated carbocycles. The minimum Gasteiger partial charge on any atom is -0.333 e. The summed E-state index contributed by atoms with van der Waals surface area (Å²) in [5, 5.41) is 0.532. The summed E-state index contributed by atoms with van der Waals surface area (Å²) in [6.45, 7) is 0. The number of rotatable bonds is 2. The van der Waals surface area contributed by atoms with E-state index >= 15 is 0 Å². The summed E-state index contributed by atoms with van der Waals surface area (Å²) in [7, 11) is 1.01. The normalized spacial score (nSPS) is 11.0. The molecule has 2 heterocycles. The first kappa shape index (κ1) is 17.7. The molecule has 2 aromatic rings. The van der Waals surface area contributed by atoms with Crippen LogP contribution in [0.15, 0.2) is 36.8 Å². The number of nitrogens with zero attached hydrogens (tertiary/aromatic N) is 3. The minimum atomic E-state index is -4.75. The van der Waals surface area contributed by atoms with Crippen LogP contribution in [0, 0.1) is 0 Å². The zero-order valence-corrected chi connectivity index (χ0v) is 12.8. The zero-order chi connectivity index (χ0) is 17.9. The van der Waals surface area contributed by atoms with Gasteiger partial charge >= 0.3 is 12.1 Å². The van der Waals surface area contributed by atoms with Crippen LogP contribution < -0.4 is 0 Å². The van der Waals surface area contributed by atoms with Gasteiger partial charge in [0.15, 0.2) is 0 Å². The van der Waals surface area contributed by atoms with Crippen LogP contribution in [0.1, 0.15) is 26.3 Å². The van der Waals surface area contributed by atoms with Crippen molar-refractivity contribution >= 4 is 23.5 Å². The number of hydrogen-bond acceptors (Lipinski definition) is 5. The third-order valence-electron chi connectivity index (χ3n) is 2.83. The van der Waals surface area contributed by atoms with Crippen molar-refractivity contribution in [2.45, 2.75) is 6.18 Å². The smallest absolute Gasteiger partial charge is 0.333 e. The second kappa shape index (κ2) is 6.83. The molecular weight excluding hydrogens is 351 g/mol. The Bertz CT molecular complexity index is 766. The van der Waals surface area contributed by atoms with Crippen LogP contribution in [-0.4, -0.2) is 34.0 Å². The number of carbonyl (C=O) groups excluding carboxylic acids is 2. The molecule has 126 valence electrons. The van der Waals surface area contributed by atoms with Gasteiger partial charge in [0.2, 0.25) is 0 Å². The van der Waals surface area contributed by atoms with Crippen LogP contribution in [-0.2, 0) is 11.0 Å². The maximum atomic E-state index is 12.9. The van der Waals surface area contributed by atoms with Gasteiger partial charge in [0, 0.05) is 25.6 Å². The Morgan fingerprint density at radius 3 is 2.50 bits per heavy atom. The molecule has 2 rings (SSSR count). The van der Waals surface area contributed by atoms with Gasteiger partial charge in [-0.3, -0.25) is 9.78 Å². The van der Waals surface area contributed by atoms with E-state index in [0.717, 1.165) is 25.6 Å². The maximum Gasteiger partial charge on any atom is 0.417 e. The molecule has 0 unspecified atom stereocenters. The zero-order valence-electron chi connectivity index (χ0n) is 12.0. The van der Waals surface area contributed by atoms with E-state index < -0.39 is 29.2 Å². The molecule has 0 aliphatic carbocycles. The van der Waals surface area contributed by atoms with Crippen molar-refractivity contribution in [2.75, 3.05) is 7.05 Å². The number of halogens is 4. The summed E-state index contributed by atoms with van der Waals surface area (Å²) in [6.07, 6.45) is -1.99. The number of hydrogen-bond donors (Lipinski definition) is 0. The van der Waals surface area contributed by atoms with Gasteiger partial charge in [-0.25, -0.2) is 9.78 Å². The number of amides is 1. The Morgan fingerprint density at radius 1 is 1.21 bits per heavy atom. The summed E-state index contributed by atoms with van der Waals surface area (Å²) in [4.78, 5) is 35.8. The average molecular weight is 360 g/mol. The number of carbonyl (C=O) groups is 2. The molecule has 10 heteroatoms. The Balaban J connectivity index is 2.19. The molecule has 0 spiro atoms. The molecule has 0 saturated heterocycles. The highest BCUT2D eigenvalue weighted by molar-refractivity contribution is 6.29. The Kier molecular flexibility index (Phi) is 5.03. The van der Waals surface area contributed by atoms with Crippen molar-refractivity contribution < 1.29 is 27.6 Å². The highest BCUT2D eigenvalue weighted by Gasteiger charge is 2.36. The summed E-state index contributed by atoms with van der Waals surface area (Å²) < 4.78 is 38.7. The van der Waals surface area contributed by atoms with Gasteiger partial charge in [-0.1, -0.05) is 11.6 Å². The lowest BCUT2D eigenvalue weighted by Gasteiger charge is -2.18. The third-order valence-corrected chi connectivity index (χ3v) is 3.05. The fourth-order valence-corrected chi connectivity index (χ4v) is 1.81. The lowest BCUT2D eigenvalue weighted by atomic mass is 10.1. The van der Waals surface area contributed by atoms with Gasteiger partial charge < -0.3 is 4.84 Å². The van der Waals surface area contributed by atoms with E-state index in [4.69, 9.17) is 16.4 Å². The van der Waals surface area contributed by atoms with Crippen molar-refractivity contribution in [3.8, 4) is 0 Å². The van der Waals surface area contributed by atoms with Crippen molar-refractivity contribution in [2.24, 2.45) is 0 Å². The molecule has 0 N–H and O–H groups in total. The Morgan fingerprint density at radius 2 is 1.92 bits per heavy atom. The summed E-state index contributed by atoms with van der Waals surface area (Å²) in [5.74, 6) is -2.15. The fraction of sp³-hybridized carbons (Fsp3) is 0.143. The van der Waals surface area contributed by atoms with Gasteiger partial charge in [-0.2, -0.15) is 18.2 Å². The summed E-state index contributed by atoms with van der Waals surface area (Å²) in [6, 6.07) is 3.27. The van der Waals surface area contributed by atoms with E-state index in [-0.39, 0.29) is 10.7 Å². The van der Waals surface area contributed by atoms with Crippen LogP contribution in [0.2, 0.25) is 5.15 Å². The quantitative estimate of drug-likeness (QED) is 0.609. The van der Waals surface area contributed by atoms with Gasteiger partial charge in [0.25, 0.3) is 5.91 Å². The van der Waals surface area contributed by atoms with E-state index in [2.05, 4.69) is 9.97 Å². The molecule has 0 atom stereocenters. The number of hydroxylamine groups is 2. The van der Waals surface area contributed by atoms with E-state index in [1.165, 1.54) is 12.1 Å². The minimum absolute atomic E-state index is 0.0266. The van der Waals surface area contributed by atoms with Gasteiger partial charge in [0.1, 0.15) is 5.15 Å². The predicted octanol–water partition coefficient (Wildman–Crippen LogP) is 2.99. The van der Waals surface area contributed by atoms with Crippen molar-refractivity contribution in [3.63, 3.8) is 0 Å². The SMILES string of the molecule is CN(OC(=O)c1ccc(Cl)nc1)C(=O)c1cnccc1C(F)(F)F. The molecule has 1 amide bonds. The van der Waals surface area contributed by atoms with Crippen molar-refractivity contribution in [3.05, 3.63) is 58.6 Å². The van der Waals surface area contributed by atoms with Crippen LogP contribution in [0.3, 0.4) is 0 Å². The van der Waals surface area contributed by atoms with E-state index in [9.17, 15) is 22.8 Å². The van der Waals surface area contributed by atoms with E-state index in [1.807, 2.05) is 0 Å². The van der Waals surface area contributed by atoms with Gasteiger partial charge in [0.05, 0.1) is 16.7 Å². The van der Waals surface area contributed by atoms with Gasteiger partial charge in [-0.05, 0) is 18.2 Å². The van der Waals surface area contributed by atoms with Crippen LogP contribution in [0.5, 0.6) is 0 Å². The highest BCUT2D eigenvalue weighted by Crippen LogP contribution is 2.31. The monoisotopic (exact) mass is 359 g/mol. The number of pyridine rings is 2. The molecule has 24 heavy (non-hydrogen) atoms. The van der Waals surface area contributed by atoms with Gasteiger partial charge in [-0.15, -0.1) is 0 Å². The predicted molar refractivity (Wildman–Crippen MR) is 76.0 cm³/mol. The topological polar surface area (TPSA) is 72.4 Å². The molecule has 0 fully saturated rings. The maximum absolute atomic E-state index is 12.9. The molecule has 2 aromatic heterocycles. The molecular formula is C14H9ClF3N3O3. The Labute approximate surface area is 138 Å². The lowest BCUT2D eigenvalue weighted by molar-refractivity contribution is -0.138. The first-order valence-corrected chi connectivity index (χ1v) is 6.71. The lowest BCUT2D eigenvalue weighted by Crippen LogP contribution is -2.31. The number of alkyl halides is 3. The first-order chi connectivity index (χ1) is 11.2. The fourth-order valence-electron chi connectivity index (χ4n) is 1.70. The van der Waals surface area contributed by atoms with E-state index in [1.54, 1.807) is 0 Å².